The third kappa shape index (κ3) is 2.18. The van der Waals surface area contributed by atoms with Crippen molar-refractivity contribution in [2.45, 2.75) is 20.5 Å². The quantitative estimate of drug-likeness (QED) is 0.767. The van der Waals surface area contributed by atoms with Crippen LogP contribution in [-0.2, 0) is 6.61 Å². The molecule has 5 nitrogen and oxygen atoms in total. The molecule has 1 aromatic carbocycles. The van der Waals surface area contributed by atoms with Crippen LogP contribution in [0.25, 0.3) is 11.2 Å². The van der Waals surface area contributed by atoms with Crippen molar-refractivity contribution in [3.05, 3.63) is 57.6 Å². The van der Waals surface area contributed by atoms with Gasteiger partial charge in [-0.1, -0.05) is 30.3 Å². The Morgan fingerprint density at radius 1 is 1.15 bits per heavy atom. The van der Waals surface area contributed by atoms with E-state index in [9.17, 15) is 4.79 Å². The number of aryl methyl sites for hydroxylation is 2. The highest BCUT2D eigenvalue weighted by Gasteiger charge is 2.13. The molecule has 0 aliphatic heterocycles. The molecule has 0 atom stereocenters. The van der Waals surface area contributed by atoms with Gasteiger partial charge in [0.15, 0.2) is 5.65 Å². The summed E-state index contributed by atoms with van der Waals surface area (Å²) in [5, 5.41) is 0. The third-order valence-electron chi connectivity index (χ3n) is 3.26. The molecule has 2 aromatic heterocycles. The number of imidazole rings is 1. The molecule has 0 aliphatic rings. The molecule has 0 saturated carbocycles. The summed E-state index contributed by atoms with van der Waals surface area (Å²) in [6.07, 6.45) is 0. The molecule has 0 unspecified atom stereocenters. The highest BCUT2D eigenvalue weighted by molar-refractivity contribution is 5.77. The first-order valence-electron chi connectivity index (χ1n) is 6.41. The van der Waals surface area contributed by atoms with Gasteiger partial charge in [0, 0.05) is 5.56 Å². The smallest absolute Gasteiger partial charge is 0.325 e. The molecule has 0 fully saturated rings. The fraction of sp³-hybridized carbons (Fsp3) is 0.200. The number of rotatable bonds is 3. The number of ether oxygens (including phenoxy) is 1. The van der Waals surface area contributed by atoms with Gasteiger partial charge in [-0.3, -0.25) is 4.98 Å². The number of benzene rings is 1. The predicted octanol–water partition coefficient (Wildman–Crippen LogP) is 2.45. The maximum atomic E-state index is 11.4. The molecule has 0 aliphatic carbocycles. The number of nitrogens with zero attached hydrogens (tertiary/aromatic N) is 1. The Bertz CT molecular complexity index is 803. The molecule has 0 radical (unpaired) electrons. The van der Waals surface area contributed by atoms with E-state index in [0.717, 1.165) is 22.6 Å². The first kappa shape index (κ1) is 12.5. The Morgan fingerprint density at radius 2 is 1.90 bits per heavy atom. The molecule has 0 saturated heterocycles. The van der Waals surface area contributed by atoms with Crippen LogP contribution >= 0.6 is 0 Å². The zero-order valence-corrected chi connectivity index (χ0v) is 11.4. The molecule has 0 amide bonds. The van der Waals surface area contributed by atoms with Crippen LogP contribution in [0.2, 0.25) is 0 Å². The van der Waals surface area contributed by atoms with Crippen LogP contribution in [0.3, 0.4) is 0 Å². The zero-order chi connectivity index (χ0) is 14.1. The highest BCUT2D eigenvalue weighted by atomic mass is 16.5. The van der Waals surface area contributed by atoms with Crippen molar-refractivity contribution in [2.75, 3.05) is 0 Å². The minimum Gasteiger partial charge on any atom is -0.487 e. The fourth-order valence-electron chi connectivity index (χ4n) is 2.28. The van der Waals surface area contributed by atoms with E-state index in [1.807, 2.05) is 44.2 Å². The van der Waals surface area contributed by atoms with Crippen molar-refractivity contribution in [1.82, 2.24) is 15.0 Å². The zero-order valence-electron chi connectivity index (χ0n) is 11.4. The molecule has 0 bridgehead atoms. The van der Waals surface area contributed by atoms with Crippen molar-refractivity contribution in [3.8, 4) is 5.75 Å². The molecule has 2 heterocycles. The van der Waals surface area contributed by atoms with E-state index in [2.05, 4.69) is 15.0 Å². The minimum absolute atomic E-state index is 0.254. The van der Waals surface area contributed by atoms with Crippen LogP contribution in [0, 0.1) is 13.8 Å². The topological polar surface area (TPSA) is 70.8 Å². The van der Waals surface area contributed by atoms with Crippen LogP contribution in [0.4, 0.5) is 0 Å². The second-order valence-electron chi connectivity index (χ2n) is 4.73. The summed E-state index contributed by atoms with van der Waals surface area (Å²) in [6.45, 7) is 4.27. The van der Waals surface area contributed by atoms with Gasteiger partial charge in [-0.25, -0.2) is 9.78 Å². The lowest BCUT2D eigenvalue weighted by Crippen LogP contribution is -2.01. The van der Waals surface area contributed by atoms with E-state index in [-0.39, 0.29) is 5.69 Å². The molecule has 20 heavy (non-hydrogen) atoms. The summed E-state index contributed by atoms with van der Waals surface area (Å²) in [7, 11) is 0. The molecule has 3 rings (SSSR count). The Morgan fingerprint density at radius 3 is 2.65 bits per heavy atom. The maximum absolute atomic E-state index is 11.4. The van der Waals surface area contributed by atoms with Gasteiger partial charge >= 0.3 is 5.69 Å². The van der Waals surface area contributed by atoms with E-state index >= 15 is 0 Å². The molecule has 2 N–H and O–H groups in total. The second kappa shape index (κ2) is 4.85. The summed E-state index contributed by atoms with van der Waals surface area (Å²) >= 11 is 0. The van der Waals surface area contributed by atoms with Crippen molar-refractivity contribution in [1.29, 1.82) is 0 Å². The van der Waals surface area contributed by atoms with Crippen molar-refractivity contribution < 1.29 is 4.74 Å². The third-order valence-corrected chi connectivity index (χ3v) is 3.26. The van der Waals surface area contributed by atoms with Gasteiger partial charge in [0.2, 0.25) is 0 Å². The highest BCUT2D eigenvalue weighted by Crippen LogP contribution is 2.27. The van der Waals surface area contributed by atoms with E-state index in [1.165, 1.54) is 0 Å². The van der Waals surface area contributed by atoms with Crippen LogP contribution < -0.4 is 10.4 Å². The van der Waals surface area contributed by atoms with E-state index in [1.54, 1.807) is 0 Å². The van der Waals surface area contributed by atoms with Crippen LogP contribution in [0.15, 0.2) is 35.1 Å². The molecular formula is C15H15N3O2. The van der Waals surface area contributed by atoms with E-state index in [0.29, 0.717) is 17.8 Å². The van der Waals surface area contributed by atoms with Gasteiger partial charge in [-0.05, 0) is 19.4 Å². The molecule has 102 valence electrons. The fourth-order valence-corrected chi connectivity index (χ4v) is 2.28. The number of H-pyrrole nitrogens is 2. The number of hydrogen-bond acceptors (Lipinski definition) is 3. The Balaban J connectivity index is 1.97. The average molecular weight is 269 g/mol. The first-order valence-corrected chi connectivity index (χ1v) is 6.41. The summed E-state index contributed by atoms with van der Waals surface area (Å²) in [4.78, 5) is 21.1. The summed E-state index contributed by atoms with van der Waals surface area (Å²) in [6, 6.07) is 9.94. The molecule has 5 heteroatoms. The number of aromatic nitrogens is 3. The lowest BCUT2D eigenvalue weighted by Gasteiger charge is -2.12. The summed E-state index contributed by atoms with van der Waals surface area (Å²) < 4.78 is 5.87. The van der Waals surface area contributed by atoms with Crippen molar-refractivity contribution in [2.24, 2.45) is 0 Å². The van der Waals surface area contributed by atoms with Crippen LogP contribution in [0.1, 0.15) is 16.8 Å². The number of fused-ring (bicyclic) bond motifs is 1. The first-order chi connectivity index (χ1) is 9.65. The van der Waals surface area contributed by atoms with Gasteiger partial charge in [0.1, 0.15) is 12.4 Å². The maximum Gasteiger partial charge on any atom is 0.325 e. The average Bonchev–Trinajstić information content (AvgIpc) is 2.80. The van der Waals surface area contributed by atoms with Crippen LogP contribution in [-0.4, -0.2) is 15.0 Å². The number of hydrogen-bond donors (Lipinski definition) is 2. The largest absolute Gasteiger partial charge is 0.487 e. The minimum atomic E-state index is -0.254. The molecule has 0 spiro atoms. The van der Waals surface area contributed by atoms with E-state index in [4.69, 9.17) is 4.74 Å². The summed E-state index contributed by atoms with van der Waals surface area (Å²) in [5.74, 6) is 0.719. The summed E-state index contributed by atoms with van der Waals surface area (Å²) in [5.41, 5.74) is 3.76. The Kier molecular flexibility index (Phi) is 3.02. The van der Waals surface area contributed by atoms with Crippen LogP contribution in [0.5, 0.6) is 5.75 Å². The SMILES string of the molecule is Cc1nc2[nH]c(=O)[nH]c2c(C)c1OCc1ccccc1. The van der Waals surface area contributed by atoms with Crippen molar-refractivity contribution >= 4 is 11.2 Å². The lowest BCUT2D eigenvalue weighted by atomic mass is 10.2. The van der Waals surface area contributed by atoms with Gasteiger partial charge in [-0.15, -0.1) is 0 Å². The normalized spacial score (nSPS) is 10.9. The molecule has 3 aromatic rings. The number of aromatic amines is 2. The second-order valence-corrected chi connectivity index (χ2v) is 4.73. The predicted molar refractivity (Wildman–Crippen MR) is 77.0 cm³/mol. The number of pyridine rings is 1. The standard InChI is InChI=1S/C15H15N3O2/c1-9-12-14(18-15(19)17-12)16-10(2)13(9)20-8-11-6-4-3-5-7-11/h3-7H,8H2,1-2H3,(H2,16,17,18,19). The Labute approximate surface area is 115 Å². The monoisotopic (exact) mass is 269 g/mol. The van der Waals surface area contributed by atoms with Gasteiger partial charge in [-0.2, -0.15) is 0 Å². The lowest BCUT2D eigenvalue weighted by molar-refractivity contribution is 0.301. The van der Waals surface area contributed by atoms with Gasteiger partial charge in [0.05, 0.1) is 11.2 Å². The Hall–Kier alpha value is -2.56. The van der Waals surface area contributed by atoms with Gasteiger partial charge < -0.3 is 9.72 Å². The van der Waals surface area contributed by atoms with Gasteiger partial charge in [0.25, 0.3) is 0 Å². The van der Waals surface area contributed by atoms with Crippen molar-refractivity contribution in [3.63, 3.8) is 0 Å². The number of nitrogens with one attached hydrogen (secondary N) is 2. The van der Waals surface area contributed by atoms with E-state index < -0.39 is 0 Å². The molecular weight excluding hydrogens is 254 g/mol.